The Balaban J connectivity index is 2.06. The number of para-hydroxylation sites is 1. The van der Waals surface area contributed by atoms with Crippen LogP contribution in [0.25, 0.3) is 5.70 Å². The Labute approximate surface area is 126 Å². The number of nitrogens with one attached hydrogen (secondary N) is 2. The van der Waals surface area contributed by atoms with Gasteiger partial charge < -0.3 is 5.11 Å². The molecule has 0 bridgehead atoms. The van der Waals surface area contributed by atoms with Crippen LogP contribution in [0.15, 0.2) is 55.1 Å². The Bertz CT molecular complexity index is 726. The van der Waals surface area contributed by atoms with Crippen molar-refractivity contribution in [3.8, 4) is 5.75 Å². The van der Waals surface area contributed by atoms with Gasteiger partial charge in [0.05, 0.1) is 10.6 Å². The van der Waals surface area contributed by atoms with E-state index >= 15 is 0 Å². The van der Waals surface area contributed by atoms with Gasteiger partial charge in [-0.2, -0.15) is 0 Å². The SMILES string of the molecule is C=C(NNC(=O)c1ccccc1[N+](=O)[O-])c1ccc(O)cc1. The first-order chi connectivity index (χ1) is 10.5. The quantitative estimate of drug-likeness (QED) is 0.580. The molecule has 0 aliphatic carbocycles. The average Bonchev–Trinajstić information content (AvgIpc) is 2.53. The summed E-state index contributed by atoms with van der Waals surface area (Å²) in [5.41, 5.74) is 5.63. The van der Waals surface area contributed by atoms with Crippen molar-refractivity contribution in [2.45, 2.75) is 0 Å². The molecular formula is C15H13N3O4. The second-order valence-corrected chi connectivity index (χ2v) is 4.38. The lowest BCUT2D eigenvalue weighted by Crippen LogP contribution is -2.36. The summed E-state index contributed by atoms with van der Waals surface area (Å²) in [5, 5.41) is 20.1. The number of carbonyl (C=O) groups is 1. The summed E-state index contributed by atoms with van der Waals surface area (Å²) in [6.07, 6.45) is 0. The molecule has 112 valence electrons. The van der Waals surface area contributed by atoms with Gasteiger partial charge in [-0.1, -0.05) is 18.7 Å². The maximum atomic E-state index is 12.0. The molecule has 0 spiro atoms. The van der Waals surface area contributed by atoms with Crippen molar-refractivity contribution in [3.05, 3.63) is 76.4 Å². The van der Waals surface area contributed by atoms with Crippen molar-refractivity contribution >= 4 is 17.3 Å². The highest BCUT2D eigenvalue weighted by molar-refractivity contribution is 5.98. The minimum atomic E-state index is -0.646. The van der Waals surface area contributed by atoms with E-state index in [4.69, 9.17) is 0 Å². The van der Waals surface area contributed by atoms with Gasteiger partial charge in [-0.3, -0.25) is 25.8 Å². The number of nitro groups is 1. The molecule has 2 rings (SSSR count). The molecule has 0 aliphatic rings. The van der Waals surface area contributed by atoms with Gasteiger partial charge in [-0.05, 0) is 35.9 Å². The van der Waals surface area contributed by atoms with Gasteiger partial charge in [0.1, 0.15) is 11.3 Å². The van der Waals surface area contributed by atoms with E-state index in [-0.39, 0.29) is 17.0 Å². The zero-order chi connectivity index (χ0) is 16.1. The monoisotopic (exact) mass is 299 g/mol. The number of phenolic OH excluding ortho intramolecular Hbond substituents is 1. The first-order valence-corrected chi connectivity index (χ1v) is 6.27. The second kappa shape index (κ2) is 6.40. The molecule has 7 nitrogen and oxygen atoms in total. The fourth-order valence-electron chi connectivity index (χ4n) is 1.76. The van der Waals surface area contributed by atoms with E-state index in [9.17, 15) is 20.0 Å². The molecule has 0 aliphatic heterocycles. The average molecular weight is 299 g/mol. The number of benzene rings is 2. The van der Waals surface area contributed by atoms with Crippen LogP contribution in [0.3, 0.4) is 0 Å². The van der Waals surface area contributed by atoms with Crippen molar-refractivity contribution in [1.29, 1.82) is 0 Å². The molecule has 0 unspecified atom stereocenters. The topological polar surface area (TPSA) is 104 Å². The third kappa shape index (κ3) is 3.40. The summed E-state index contributed by atoms with van der Waals surface area (Å²) in [6, 6.07) is 11.8. The molecule has 0 radical (unpaired) electrons. The van der Waals surface area contributed by atoms with Gasteiger partial charge in [0, 0.05) is 6.07 Å². The van der Waals surface area contributed by atoms with Gasteiger partial charge in [-0.25, -0.2) is 0 Å². The summed E-state index contributed by atoms with van der Waals surface area (Å²) < 4.78 is 0. The van der Waals surface area contributed by atoms with Crippen LogP contribution >= 0.6 is 0 Å². The Morgan fingerprint density at radius 1 is 1.09 bits per heavy atom. The Kier molecular flexibility index (Phi) is 4.38. The van der Waals surface area contributed by atoms with Crippen molar-refractivity contribution in [2.75, 3.05) is 0 Å². The van der Waals surface area contributed by atoms with Crippen LogP contribution in [0, 0.1) is 10.1 Å². The van der Waals surface area contributed by atoms with Crippen LogP contribution in [-0.2, 0) is 0 Å². The van der Waals surface area contributed by atoms with E-state index in [1.165, 1.54) is 36.4 Å². The van der Waals surface area contributed by atoms with Crippen LogP contribution in [0.5, 0.6) is 5.75 Å². The molecule has 2 aromatic rings. The van der Waals surface area contributed by atoms with Crippen molar-refractivity contribution in [1.82, 2.24) is 10.9 Å². The van der Waals surface area contributed by atoms with Gasteiger partial charge in [0.25, 0.3) is 11.6 Å². The number of hydrazine groups is 1. The highest BCUT2D eigenvalue weighted by Gasteiger charge is 2.18. The van der Waals surface area contributed by atoms with Crippen molar-refractivity contribution in [2.24, 2.45) is 0 Å². The zero-order valence-electron chi connectivity index (χ0n) is 11.4. The third-order valence-corrected chi connectivity index (χ3v) is 2.89. The predicted molar refractivity (Wildman–Crippen MR) is 80.8 cm³/mol. The van der Waals surface area contributed by atoms with E-state index < -0.39 is 10.8 Å². The van der Waals surface area contributed by atoms with E-state index in [0.29, 0.717) is 11.3 Å². The number of hydrogen-bond acceptors (Lipinski definition) is 5. The van der Waals surface area contributed by atoms with Gasteiger partial charge in [0.2, 0.25) is 0 Å². The smallest absolute Gasteiger partial charge is 0.282 e. The number of rotatable bonds is 5. The number of hydrogen-bond donors (Lipinski definition) is 3. The number of nitro benzene ring substituents is 1. The van der Waals surface area contributed by atoms with E-state index in [1.807, 2.05) is 0 Å². The number of amides is 1. The van der Waals surface area contributed by atoms with Crippen LogP contribution in [-0.4, -0.2) is 15.9 Å². The van der Waals surface area contributed by atoms with E-state index in [1.54, 1.807) is 12.1 Å². The fourth-order valence-corrected chi connectivity index (χ4v) is 1.76. The molecule has 0 saturated carbocycles. The number of aromatic hydroxyl groups is 1. The molecule has 3 N–H and O–H groups in total. The van der Waals surface area contributed by atoms with Crippen LogP contribution in [0.4, 0.5) is 5.69 Å². The summed E-state index contributed by atoms with van der Waals surface area (Å²) in [6.45, 7) is 3.74. The molecule has 7 heteroatoms. The first-order valence-electron chi connectivity index (χ1n) is 6.27. The molecule has 0 saturated heterocycles. The molecule has 2 aromatic carbocycles. The van der Waals surface area contributed by atoms with Gasteiger partial charge >= 0.3 is 0 Å². The highest BCUT2D eigenvalue weighted by Crippen LogP contribution is 2.17. The molecule has 0 aromatic heterocycles. The highest BCUT2D eigenvalue weighted by atomic mass is 16.6. The number of nitrogens with zero attached hydrogens (tertiary/aromatic N) is 1. The van der Waals surface area contributed by atoms with Crippen LogP contribution < -0.4 is 10.9 Å². The fraction of sp³-hybridized carbons (Fsp3) is 0. The lowest BCUT2D eigenvalue weighted by atomic mass is 10.1. The predicted octanol–water partition coefficient (Wildman–Crippen LogP) is 2.21. The Hall–Kier alpha value is -3.35. The molecular weight excluding hydrogens is 286 g/mol. The molecule has 0 heterocycles. The largest absolute Gasteiger partial charge is 0.508 e. The van der Waals surface area contributed by atoms with E-state index in [2.05, 4.69) is 17.4 Å². The van der Waals surface area contributed by atoms with Crippen LogP contribution in [0.2, 0.25) is 0 Å². The zero-order valence-corrected chi connectivity index (χ0v) is 11.4. The molecule has 0 atom stereocenters. The molecule has 22 heavy (non-hydrogen) atoms. The minimum absolute atomic E-state index is 0.0569. The molecule has 1 amide bonds. The summed E-state index contributed by atoms with van der Waals surface area (Å²) >= 11 is 0. The molecule has 0 fully saturated rings. The summed E-state index contributed by atoms with van der Waals surface area (Å²) in [7, 11) is 0. The maximum absolute atomic E-state index is 12.0. The Morgan fingerprint density at radius 3 is 2.36 bits per heavy atom. The first kappa shape index (κ1) is 15.0. The summed E-state index contributed by atoms with van der Waals surface area (Å²) in [4.78, 5) is 22.3. The standard InChI is InChI=1S/C15H13N3O4/c1-10(11-6-8-12(19)9-7-11)16-17-15(20)13-4-2-3-5-14(13)18(21)22/h2-9,16,19H,1H2,(H,17,20). The van der Waals surface area contributed by atoms with Gasteiger partial charge in [0.15, 0.2) is 0 Å². The second-order valence-electron chi connectivity index (χ2n) is 4.38. The van der Waals surface area contributed by atoms with Crippen LogP contribution in [0.1, 0.15) is 15.9 Å². The number of phenols is 1. The normalized spacial score (nSPS) is 9.82. The third-order valence-electron chi connectivity index (χ3n) is 2.89. The lowest BCUT2D eigenvalue weighted by molar-refractivity contribution is -0.385. The maximum Gasteiger partial charge on any atom is 0.282 e. The lowest BCUT2D eigenvalue weighted by Gasteiger charge is -2.11. The summed E-state index contributed by atoms with van der Waals surface area (Å²) in [5.74, 6) is -0.535. The van der Waals surface area contributed by atoms with Gasteiger partial charge in [-0.15, -0.1) is 0 Å². The minimum Gasteiger partial charge on any atom is -0.508 e. The Morgan fingerprint density at radius 2 is 1.73 bits per heavy atom. The van der Waals surface area contributed by atoms with Crippen molar-refractivity contribution < 1.29 is 14.8 Å². The van der Waals surface area contributed by atoms with Crippen molar-refractivity contribution in [3.63, 3.8) is 0 Å². The van der Waals surface area contributed by atoms with E-state index in [0.717, 1.165) is 0 Å². The number of carbonyl (C=O) groups excluding carboxylic acids is 1.